The zero-order valence-electron chi connectivity index (χ0n) is 21.4. The lowest BCUT2D eigenvalue weighted by Gasteiger charge is -2.36. The van der Waals surface area contributed by atoms with Gasteiger partial charge < -0.3 is 20.3 Å². The van der Waals surface area contributed by atoms with Crippen LogP contribution in [-0.4, -0.2) is 72.2 Å². The molecule has 0 unspecified atom stereocenters. The Morgan fingerprint density at radius 1 is 1.05 bits per heavy atom. The van der Waals surface area contributed by atoms with Gasteiger partial charge in [0.05, 0.1) is 24.0 Å². The number of amides is 1. The molecule has 1 aliphatic rings. The van der Waals surface area contributed by atoms with Crippen LogP contribution in [0.1, 0.15) is 0 Å². The highest BCUT2D eigenvalue weighted by molar-refractivity contribution is 6.00. The summed E-state index contributed by atoms with van der Waals surface area (Å²) < 4.78 is 5.20. The number of pyridine rings is 1. The number of anilines is 4. The molecule has 5 rings (SSSR count). The Morgan fingerprint density at radius 2 is 1.87 bits per heavy atom. The Bertz CT molecular complexity index is 1420. The van der Waals surface area contributed by atoms with Crippen LogP contribution in [0.2, 0.25) is 0 Å². The lowest BCUT2D eigenvalue weighted by Crippen LogP contribution is -2.47. The fourth-order valence-corrected chi connectivity index (χ4v) is 4.53. The minimum Gasteiger partial charge on any atom is -0.383 e. The topological polar surface area (TPSA) is 95.5 Å². The van der Waals surface area contributed by atoms with Crippen molar-refractivity contribution in [2.24, 2.45) is 0 Å². The Kier molecular flexibility index (Phi) is 7.86. The molecule has 9 nitrogen and oxygen atoms in total. The maximum Gasteiger partial charge on any atom is 0.247 e. The number of aromatic nitrogens is 3. The van der Waals surface area contributed by atoms with Crippen LogP contribution < -0.4 is 15.5 Å². The molecule has 1 aliphatic heterocycles. The van der Waals surface area contributed by atoms with Gasteiger partial charge in [-0.1, -0.05) is 24.8 Å². The van der Waals surface area contributed by atoms with Crippen LogP contribution in [0.5, 0.6) is 0 Å². The summed E-state index contributed by atoms with van der Waals surface area (Å²) in [6.45, 7) is 9.33. The number of carbonyl (C=O) groups excluding carboxylic acids is 1. The Hall–Kier alpha value is -4.34. The van der Waals surface area contributed by atoms with Gasteiger partial charge in [-0.05, 0) is 36.4 Å². The van der Waals surface area contributed by atoms with Crippen molar-refractivity contribution in [1.82, 2.24) is 19.9 Å². The molecule has 194 valence electrons. The van der Waals surface area contributed by atoms with Gasteiger partial charge in [-0.2, -0.15) is 0 Å². The zero-order chi connectivity index (χ0) is 26.3. The number of piperazine rings is 1. The summed E-state index contributed by atoms with van der Waals surface area (Å²) in [5, 5.41) is 7.00. The molecule has 2 N–H and O–H groups in total. The molecule has 0 aliphatic carbocycles. The highest BCUT2D eigenvalue weighted by Gasteiger charge is 2.17. The van der Waals surface area contributed by atoms with Crippen molar-refractivity contribution in [2.45, 2.75) is 0 Å². The third-order valence-corrected chi connectivity index (χ3v) is 6.59. The van der Waals surface area contributed by atoms with Gasteiger partial charge in [0.25, 0.3) is 0 Å². The molecule has 9 heteroatoms. The van der Waals surface area contributed by atoms with Crippen LogP contribution >= 0.6 is 0 Å². The number of rotatable bonds is 9. The molecule has 1 saturated heterocycles. The molecule has 38 heavy (non-hydrogen) atoms. The van der Waals surface area contributed by atoms with Crippen molar-refractivity contribution in [2.75, 3.05) is 62.0 Å². The molecule has 0 saturated carbocycles. The molecule has 2 aromatic heterocycles. The van der Waals surface area contributed by atoms with Crippen LogP contribution in [0.4, 0.5) is 23.0 Å². The maximum atomic E-state index is 11.7. The first-order chi connectivity index (χ1) is 18.6. The van der Waals surface area contributed by atoms with Crippen molar-refractivity contribution in [1.29, 1.82) is 0 Å². The number of nitrogens with one attached hydrogen (secondary N) is 2. The highest BCUT2D eigenvalue weighted by Crippen LogP contribution is 2.29. The average molecular weight is 510 g/mol. The fraction of sp³-hybridized carbons (Fsp3) is 0.241. The summed E-state index contributed by atoms with van der Waals surface area (Å²) in [5.41, 5.74) is 5.25. The van der Waals surface area contributed by atoms with E-state index in [-0.39, 0.29) is 5.91 Å². The number of fused-ring (bicyclic) bond motifs is 1. The zero-order valence-corrected chi connectivity index (χ0v) is 21.4. The van der Waals surface area contributed by atoms with Crippen LogP contribution in [0.25, 0.3) is 22.0 Å². The average Bonchev–Trinajstić information content (AvgIpc) is 2.96. The molecule has 2 aromatic carbocycles. The quantitative estimate of drug-likeness (QED) is 0.322. The van der Waals surface area contributed by atoms with Crippen LogP contribution in [-0.2, 0) is 9.53 Å². The van der Waals surface area contributed by atoms with Gasteiger partial charge in [-0.3, -0.25) is 14.7 Å². The molecular formula is C29H31N7O2. The number of benzene rings is 2. The first-order valence-corrected chi connectivity index (χ1v) is 12.6. The number of hydrogen-bond donors (Lipinski definition) is 2. The van der Waals surface area contributed by atoms with E-state index in [1.807, 2.05) is 30.5 Å². The summed E-state index contributed by atoms with van der Waals surface area (Å²) in [7, 11) is 1.75. The summed E-state index contributed by atoms with van der Waals surface area (Å²) in [6, 6.07) is 16.2. The van der Waals surface area contributed by atoms with Crippen LogP contribution in [0.3, 0.4) is 0 Å². The molecular weight excluding hydrogens is 478 g/mol. The molecule has 0 spiro atoms. The van der Waals surface area contributed by atoms with Gasteiger partial charge in [0.1, 0.15) is 0 Å². The normalized spacial score (nSPS) is 13.9. The standard InChI is InChI=1S/C29H31N7O2/c1-3-27(37)32-24-17-22(18-30-20-24)26-6-4-5-21-19-31-29(34-28(21)26)33-23-7-9-25(10-8-23)36-13-11-35(12-14-36)15-16-38-2/h3-10,17-20H,1,11-16H2,2H3,(H,32,37)(H,31,33,34). The van der Waals surface area contributed by atoms with E-state index >= 15 is 0 Å². The second kappa shape index (κ2) is 11.8. The van der Waals surface area contributed by atoms with Crippen LogP contribution in [0, 0.1) is 0 Å². The predicted octanol–water partition coefficient (Wildman–Crippen LogP) is 4.33. The van der Waals surface area contributed by atoms with E-state index in [1.165, 1.54) is 11.8 Å². The van der Waals surface area contributed by atoms with Crippen molar-refractivity contribution in [3.8, 4) is 11.1 Å². The number of carbonyl (C=O) groups is 1. The second-order valence-corrected chi connectivity index (χ2v) is 9.09. The summed E-state index contributed by atoms with van der Waals surface area (Å²) in [5.74, 6) is 0.222. The number of nitrogens with zero attached hydrogens (tertiary/aromatic N) is 5. The van der Waals surface area contributed by atoms with Crippen molar-refractivity contribution >= 4 is 39.8 Å². The van der Waals surface area contributed by atoms with E-state index in [1.54, 1.807) is 19.5 Å². The minimum absolute atomic E-state index is 0.286. The van der Waals surface area contributed by atoms with Crippen molar-refractivity contribution in [3.05, 3.63) is 79.8 Å². The number of hydrogen-bond acceptors (Lipinski definition) is 8. The number of para-hydroxylation sites is 1. The van der Waals surface area contributed by atoms with Gasteiger partial charge in [0.2, 0.25) is 11.9 Å². The van der Waals surface area contributed by atoms with Gasteiger partial charge in [-0.15, -0.1) is 0 Å². The van der Waals surface area contributed by atoms with E-state index in [0.717, 1.165) is 67.0 Å². The summed E-state index contributed by atoms with van der Waals surface area (Å²) in [4.78, 5) is 30.2. The van der Waals surface area contributed by atoms with E-state index in [9.17, 15) is 4.79 Å². The first kappa shape index (κ1) is 25.3. The lowest BCUT2D eigenvalue weighted by molar-refractivity contribution is -0.111. The summed E-state index contributed by atoms with van der Waals surface area (Å²) >= 11 is 0. The Morgan fingerprint density at radius 3 is 2.63 bits per heavy atom. The molecule has 1 fully saturated rings. The van der Waals surface area contributed by atoms with E-state index < -0.39 is 0 Å². The smallest absolute Gasteiger partial charge is 0.247 e. The highest BCUT2D eigenvalue weighted by atomic mass is 16.5. The second-order valence-electron chi connectivity index (χ2n) is 9.09. The first-order valence-electron chi connectivity index (χ1n) is 12.6. The molecule has 3 heterocycles. The number of methoxy groups -OCH3 is 1. The number of ether oxygens (including phenoxy) is 1. The maximum absolute atomic E-state index is 11.7. The van der Waals surface area contributed by atoms with Crippen LogP contribution in [0.15, 0.2) is 79.8 Å². The largest absolute Gasteiger partial charge is 0.383 e. The summed E-state index contributed by atoms with van der Waals surface area (Å²) in [6.07, 6.45) is 6.39. The SMILES string of the molecule is C=CC(=O)Nc1cncc(-c2cccc3cnc(Nc4ccc(N5CCN(CCOC)CC5)cc4)nc23)c1. The van der Waals surface area contributed by atoms with E-state index in [2.05, 4.69) is 61.2 Å². The predicted molar refractivity (Wildman–Crippen MR) is 152 cm³/mol. The molecule has 1 amide bonds. The van der Waals surface area contributed by atoms with Gasteiger partial charge in [0.15, 0.2) is 0 Å². The molecule has 0 radical (unpaired) electrons. The van der Waals surface area contributed by atoms with Gasteiger partial charge in [-0.25, -0.2) is 9.97 Å². The molecule has 0 bridgehead atoms. The van der Waals surface area contributed by atoms with E-state index in [4.69, 9.17) is 9.72 Å². The lowest BCUT2D eigenvalue weighted by atomic mass is 10.0. The molecule has 0 atom stereocenters. The van der Waals surface area contributed by atoms with Gasteiger partial charge >= 0.3 is 0 Å². The van der Waals surface area contributed by atoms with Gasteiger partial charge in [0, 0.05) is 80.1 Å². The minimum atomic E-state index is -0.286. The third-order valence-electron chi connectivity index (χ3n) is 6.59. The van der Waals surface area contributed by atoms with Crippen molar-refractivity contribution in [3.63, 3.8) is 0 Å². The monoisotopic (exact) mass is 509 g/mol. The van der Waals surface area contributed by atoms with E-state index in [0.29, 0.717) is 11.6 Å². The fourth-order valence-electron chi connectivity index (χ4n) is 4.53. The van der Waals surface area contributed by atoms with Crippen molar-refractivity contribution < 1.29 is 9.53 Å². The molecule has 4 aromatic rings. The Balaban J connectivity index is 1.31. The Labute approximate surface area is 222 Å². The third kappa shape index (κ3) is 5.96.